The first kappa shape index (κ1) is 23.3. The van der Waals surface area contributed by atoms with Gasteiger partial charge in [0.05, 0.1) is 33.3 Å². The largest absolute Gasteiger partial charge is 0.417 e. The number of carbonyl (C=O) groups excluding carboxylic acids is 1. The van der Waals surface area contributed by atoms with E-state index in [0.29, 0.717) is 22.6 Å². The molecule has 3 heterocycles. The molecule has 5 aromatic rings. The summed E-state index contributed by atoms with van der Waals surface area (Å²) in [6.45, 7) is 0. The fourth-order valence-corrected chi connectivity index (χ4v) is 4.08. The van der Waals surface area contributed by atoms with Crippen LogP contribution in [0.3, 0.4) is 0 Å². The minimum atomic E-state index is -4.70. The first-order valence-electron chi connectivity index (χ1n) is 10.5. The molecule has 0 fully saturated rings. The quantitative estimate of drug-likeness (QED) is 0.306. The van der Waals surface area contributed by atoms with E-state index in [1.54, 1.807) is 53.4 Å². The molecule has 2 aromatic carbocycles. The summed E-state index contributed by atoms with van der Waals surface area (Å²) in [6, 6.07) is 16.1. The summed E-state index contributed by atoms with van der Waals surface area (Å²) in [7, 11) is 0. The summed E-state index contributed by atoms with van der Waals surface area (Å²) in [5.41, 5.74) is 8.13. The molecule has 36 heavy (non-hydrogen) atoms. The van der Waals surface area contributed by atoms with Crippen molar-refractivity contribution >= 4 is 34.7 Å². The Hall–Kier alpha value is -4.44. The van der Waals surface area contributed by atoms with Gasteiger partial charge < -0.3 is 5.73 Å². The van der Waals surface area contributed by atoms with E-state index >= 15 is 0 Å². The number of hydrogen-bond acceptors (Lipinski definition) is 4. The van der Waals surface area contributed by atoms with Gasteiger partial charge in [0.15, 0.2) is 5.65 Å². The molecular weight excluding hydrogens is 493 g/mol. The van der Waals surface area contributed by atoms with Crippen LogP contribution in [-0.2, 0) is 6.18 Å². The summed E-state index contributed by atoms with van der Waals surface area (Å²) in [4.78, 5) is 21.7. The second-order valence-corrected chi connectivity index (χ2v) is 8.16. The van der Waals surface area contributed by atoms with Crippen molar-refractivity contribution < 1.29 is 18.0 Å². The molecule has 5 rings (SSSR count). The topological polar surface area (TPSA) is 89.4 Å². The summed E-state index contributed by atoms with van der Waals surface area (Å²) in [5.74, 6) is 0. The first-order valence-corrected chi connectivity index (χ1v) is 10.9. The highest BCUT2D eigenvalue weighted by Crippen LogP contribution is 2.39. The lowest BCUT2D eigenvalue weighted by Crippen LogP contribution is -2.31. The lowest BCUT2D eigenvalue weighted by atomic mass is 10.1. The highest BCUT2D eigenvalue weighted by Gasteiger charge is 2.34. The maximum absolute atomic E-state index is 13.4. The van der Waals surface area contributed by atoms with Gasteiger partial charge in [-0.2, -0.15) is 18.3 Å². The van der Waals surface area contributed by atoms with Crippen LogP contribution in [0.2, 0.25) is 5.02 Å². The van der Waals surface area contributed by atoms with Gasteiger partial charge in [-0.3, -0.25) is 9.88 Å². The number of aromatic nitrogens is 4. The van der Waals surface area contributed by atoms with Gasteiger partial charge in [0, 0.05) is 35.8 Å². The molecule has 0 saturated heterocycles. The zero-order valence-electron chi connectivity index (χ0n) is 18.3. The third-order valence-electron chi connectivity index (χ3n) is 5.47. The number of alkyl halides is 3. The van der Waals surface area contributed by atoms with E-state index in [2.05, 4.69) is 15.1 Å². The molecule has 11 heteroatoms. The zero-order chi connectivity index (χ0) is 25.4. The van der Waals surface area contributed by atoms with Gasteiger partial charge in [0.1, 0.15) is 0 Å². The van der Waals surface area contributed by atoms with Crippen molar-refractivity contribution in [3.63, 3.8) is 0 Å². The Bertz CT molecular complexity index is 1590. The minimum Gasteiger partial charge on any atom is -0.351 e. The number of nitrogens with two attached hydrogens (primary N) is 1. The highest BCUT2D eigenvalue weighted by atomic mass is 35.5. The second kappa shape index (κ2) is 8.97. The molecule has 7 nitrogen and oxygen atoms in total. The highest BCUT2D eigenvalue weighted by molar-refractivity contribution is 6.31. The molecule has 0 radical (unpaired) electrons. The van der Waals surface area contributed by atoms with E-state index in [4.69, 9.17) is 17.3 Å². The van der Waals surface area contributed by atoms with Crippen LogP contribution in [0.15, 0.2) is 85.3 Å². The van der Waals surface area contributed by atoms with Crippen molar-refractivity contribution in [1.82, 2.24) is 19.6 Å². The van der Waals surface area contributed by atoms with E-state index in [0.717, 1.165) is 22.6 Å². The van der Waals surface area contributed by atoms with Crippen molar-refractivity contribution in [2.75, 3.05) is 4.90 Å². The summed E-state index contributed by atoms with van der Waals surface area (Å²) in [6.07, 6.45) is 0.247. The van der Waals surface area contributed by atoms with Gasteiger partial charge in [-0.1, -0.05) is 23.7 Å². The third-order valence-corrected chi connectivity index (χ3v) is 5.80. The molecule has 0 bridgehead atoms. The number of urea groups is 1. The summed E-state index contributed by atoms with van der Waals surface area (Å²) < 4.78 is 41.9. The van der Waals surface area contributed by atoms with Crippen LogP contribution in [0.25, 0.3) is 28.2 Å². The van der Waals surface area contributed by atoms with Crippen LogP contribution >= 0.6 is 11.6 Å². The van der Waals surface area contributed by atoms with Gasteiger partial charge in [-0.25, -0.2) is 14.3 Å². The number of halogens is 4. The predicted octanol–water partition coefficient (Wildman–Crippen LogP) is 6.35. The van der Waals surface area contributed by atoms with Crippen LogP contribution in [0.4, 0.5) is 29.3 Å². The van der Waals surface area contributed by atoms with Gasteiger partial charge in [-0.15, -0.1) is 0 Å². The molecular formula is C25H16ClF3N6O. The number of rotatable bonds is 4. The van der Waals surface area contributed by atoms with E-state index in [-0.39, 0.29) is 11.4 Å². The Labute approximate surface area is 207 Å². The molecule has 0 unspecified atom stereocenters. The lowest BCUT2D eigenvalue weighted by molar-refractivity contribution is -0.137. The molecule has 0 aliphatic carbocycles. The molecule has 0 aliphatic heterocycles. The second-order valence-electron chi connectivity index (χ2n) is 7.75. The number of anilines is 2. The van der Waals surface area contributed by atoms with Crippen molar-refractivity contribution in [2.45, 2.75) is 6.18 Å². The van der Waals surface area contributed by atoms with Gasteiger partial charge in [-0.05, 0) is 48.5 Å². The van der Waals surface area contributed by atoms with Gasteiger partial charge in [0.2, 0.25) is 0 Å². The van der Waals surface area contributed by atoms with Crippen LogP contribution in [0.5, 0.6) is 0 Å². The third kappa shape index (κ3) is 4.34. The Morgan fingerprint density at radius 3 is 2.39 bits per heavy atom. The Kier molecular flexibility index (Phi) is 5.81. The Morgan fingerprint density at radius 2 is 1.67 bits per heavy atom. The number of primary amides is 1. The van der Waals surface area contributed by atoms with Crippen molar-refractivity contribution in [1.29, 1.82) is 0 Å². The van der Waals surface area contributed by atoms with Crippen LogP contribution in [0.1, 0.15) is 5.56 Å². The van der Waals surface area contributed by atoms with E-state index in [9.17, 15) is 18.0 Å². The SMILES string of the molecule is NC(=O)N(c1cccc(-c2ccnc3cc(-c4ccncc4)nn23)c1)c1ccc(Cl)c(C(F)(F)F)c1. The lowest BCUT2D eigenvalue weighted by Gasteiger charge is -2.23. The maximum Gasteiger partial charge on any atom is 0.417 e. The van der Waals surface area contributed by atoms with Crippen LogP contribution in [0, 0.1) is 0 Å². The maximum atomic E-state index is 13.4. The zero-order valence-corrected chi connectivity index (χ0v) is 19.1. The average molecular weight is 509 g/mol. The van der Waals surface area contributed by atoms with Crippen LogP contribution in [-0.4, -0.2) is 25.6 Å². The Morgan fingerprint density at radius 1 is 0.917 bits per heavy atom. The average Bonchev–Trinajstić information content (AvgIpc) is 3.30. The summed E-state index contributed by atoms with van der Waals surface area (Å²) >= 11 is 5.74. The molecule has 2 N–H and O–H groups in total. The normalized spacial score (nSPS) is 11.6. The van der Waals surface area contributed by atoms with E-state index < -0.39 is 22.8 Å². The molecule has 0 spiro atoms. The predicted molar refractivity (Wildman–Crippen MR) is 130 cm³/mol. The number of carbonyl (C=O) groups is 1. The number of fused-ring (bicyclic) bond motifs is 1. The number of benzene rings is 2. The fraction of sp³-hybridized carbons (Fsp3) is 0.0400. The monoisotopic (exact) mass is 508 g/mol. The Balaban J connectivity index is 1.60. The number of nitrogens with zero attached hydrogens (tertiary/aromatic N) is 5. The molecule has 0 aliphatic rings. The molecule has 180 valence electrons. The first-order chi connectivity index (χ1) is 17.2. The van der Waals surface area contributed by atoms with Gasteiger partial charge >= 0.3 is 12.2 Å². The number of pyridine rings is 1. The van der Waals surface area contributed by atoms with Gasteiger partial charge in [0.25, 0.3) is 0 Å². The smallest absolute Gasteiger partial charge is 0.351 e. The van der Waals surface area contributed by atoms with Crippen LogP contribution < -0.4 is 10.6 Å². The molecule has 3 aromatic heterocycles. The fourth-order valence-electron chi connectivity index (χ4n) is 3.86. The van der Waals surface area contributed by atoms with Crippen molar-refractivity contribution in [3.8, 4) is 22.5 Å². The summed E-state index contributed by atoms with van der Waals surface area (Å²) in [5, 5.41) is 4.18. The van der Waals surface area contributed by atoms with E-state index in [1.165, 1.54) is 6.07 Å². The molecule has 0 saturated carbocycles. The molecule has 0 atom stereocenters. The number of hydrogen-bond donors (Lipinski definition) is 1. The van der Waals surface area contributed by atoms with Crippen molar-refractivity contribution in [3.05, 3.63) is 95.9 Å². The standard InChI is InChI=1S/C25H16ClF3N6O/c26-20-5-4-18(13-19(20)25(27,28)29)34(24(30)36)17-3-1-2-16(12-17)22-8-11-32-23-14-21(33-35(22)23)15-6-9-31-10-7-15/h1-14H,(H2,30,36). The van der Waals surface area contributed by atoms with E-state index in [1.807, 2.05) is 18.2 Å². The minimum absolute atomic E-state index is 0.0738. The number of amides is 2. The van der Waals surface area contributed by atoms with Crippen molar-refractivity contribution in [2.24, 2.45) is 5.73 Å². The molecule has 2 amide bonds.